The molecule has 1 aliphatic rings. The number of rotatable bonds is 3. The topological polar surface area (TPSA) is 35.2 Å². The second-order valence-corrected chi connectivity index (χ2v) is 5.40. The Morgan fingerprint density at radius 3 is 2.53 bits per heavy atom. The first kappa shape index (κ1) is 12.7. The van der Waals surface area contributed by atoms with E-state index in [1.165, 1.54) is 36.8 Å². The van der Waals surface area contributed by atoms with Gasteiger partial charge in [-0.3, -0.25) is 0 Å². The number of ether oxygens (including phenoxy) is 1. The lowest BCUT2D eigenvalue weighted by Gasteiger charge is -2.30. The van der Waals surface area contributed by atoms with E-state index in [1.807, 2.05) is 12.1 Å². The summed E-state index contributed by atoms with van der Waals surface area (Å²) in [6, 6.07) is 4.07. The van der Waals surface area contributed by atoms with E-state index in [-0.39, 0.29) is 5.41 Å². The highest BCUT2D eigenvalue weighted by molar-refractivity contribution is 6.32. The van der Waals surface area contributed by atoms with Crippen LogP contribution in [0.2, 0.25) is 5.02 Å². The molecule has 1 saturated carbocycles. The van der Waals surface area contributed by atoms with Gasteiger partial charge in [-0.2, -0.15) is 0 Å². The van der Waals surface area contributed by atoms with Crippen LogP contribution in [-0.4, -0.2) is 13.7 Å². The average molecular weight is 254 g/mol. The molecule has 0 radical (unpaired) electrons. The van der Waals surface area contributed by atoms with Crippen molar-refractivity contribution in [3.63, 3.8) is 0 Å². The van der Waals surface area contributed by atoms with Crippen LogP contribution in [0.1, 0.15) is 36.8 Å². The fraction of sp³-hybridized carbons (Fsp3) is 0.571. The van der Waals surface area contributed by atoms with Crippen molar-refractivity contribution in [2.45, 2.75) is 38.0 Å². The highest BCUT2D eigenvalue weighted by Gasteiger charge is 2.35. The van der Waals surface area contributed by atoms with E-state index in [0.29, 0.717) is 11.6 Å². The Morgan fingerprint density at radius 2 is 2.00 bits per heavy atom. The predicted octanol–water partition coefficient (Wildman–Crippen LogP) is 3.43. The van der Waals surface area contributed by atoms with Crippen molar-refractivity contribution >= 4 is 11.6 Å². The first-order valence-corrected chi connectivity index (χ1v) is 6.55. The molecule has 3 heteroatoms. The monoisotopic (exact) mass is 253 g/mol. The van der Waals surface area contributed by atoms with Crippen LogP contribution in [0, 0.1) is 6.92 Å². The van der Waals surface area contributed by atoms with Gasteiger partial charge in [-0.25, -0.2) is 0 Å². The first-order chi connectivity index (χ1) is 8.13. The molecule has 0 heterocycles. The van der Waals surface area contributed by atoms with Gasteiger partial charge in [0.25, 0.3) is 0 Å². The van der Waals surface area contributed by atoms with Crippen LogP contribution in [0.4, 0.5) is 0 Å². The zero-order chi connectivity index (χ0) is 12.5. The van der Waals surface area contributed by atoms with Gasteiger partial charge >= 0.3 is 0 Å². The smallest absolute Gasteiger partial charge is 0.137 e. The van der Waals surface area contributed by atoms with Crippen LogP contribution >= 0.6 is 11.6 Å². The zero-order valence-corrected chi connectivity index (χ0v) is 11.3. The molecular weight excluding hydrogens is 234 g/mol. The van der Waals surface area contributed by atoms with Crippen molar-refractivity contribution in [2.24, 2.45) is 5.73 Å². The van der Waals surface area contributed by atoms with Gasteiger partial charge in [-0.15, -0.1) is 0 Å². The summed E-state index contributed by atoms with van der Waals surface area (Å²) in [6.45, 7) is 2.82. The molecular formula is C14H20ClNO. The maximum Gasteiger partial charge on any atom is 0.137 e. The summed E-state index contributed by atoms with van der Waals surface area (Å²) in [7, 11) is 1.65. The minimum atomic E-state index is 0.139. The maximum atomic E-state index is 6.23. The lowest BCUT2D eigenvalue weighted by Crippen LogP contribution is -2.32. The Kier molecular flexibility index (Phi) is 3.64. The highest BCUT2D eigenvalue weighted by atomic mass is 35.5. The third-order valence-electron chi connectivity index (χ3n) is 4.02. The molecule has 1 aromatic carbocycles. The van der Waals surface area contributed by atoms with E-state index in [4.69, 9.17) is 22.1 Å². The molecule has 2 nitrogen and oxygen atoms in total. The highest BCUT2D eigenvalue weighted by Crippen LogP contribution is 2.43. The molecule has 1 aromatic rings. The number of hydrogen-bond donors (Lipinski definition) is 1. The van der Waals surface area contributed by atoms with Crippen LogP contribution < -0.4 is 10.5 Å². The van der Waals surface area contributed by atoms with E-state index in [1.54, 1.807) is 7.11 Å². The SMILES string of the molecule is COc1cc(C)c(C2(CN)CCCC2)cc1Cl. The Labute approximate surface area is 108 Å². The molecule has 0 aromatic heterocycles. The van der Waals surface area contributed by atoms with Gasteiger partial charge < -0.3 is 10.5 Å². The summed E-state index contributed by atoms with van der Waals surface area (Å²) in [5, 5.41) is 0.688. The van der Waals surface area contributed by atoms with E-state index in [0.717, 1.165) is 5.75 Å². The van der Waals surface area contributed by atoms with E-state index in [2.05, 4.69) is 6.92 Å². The van der Waals surface area contributed by atoms with Gasteiger partial charge in [0, 0.05) is 12.0 Å². The molecule has 0 spiro atoms. The van der Waals surface area contributed by atoms with Gasteiger partial charge in [0.15, 0.2) is 0 Å². The second kappa shape index (κ2) is 4.87. The van der Waals surface area contributed by atoms with Crippen LogP contribution in [-0.2, 0) is 5.41 Å². The number of aryl methyl sites for hydroxylation is 1. The molecule has 0 saturated heterocycles. The number of hydrogen-bond acceptors (Lipinski definition) is 2. The third kappa shape index (κ3) is 2.16. The van der Waals surface area contributed by atoms with E-state index >= 15 is 0 Å². The van der Waals surface area contributed by atoms with Crippen LogP contribution in [0.15, 0.2) is 12.1 Å². The van der Waals surface area contributed by atoms with E-state index in [9.17, 15) is 0 Å². The maximum absolute atomic E-state index is 6.23. The number of halogens is 1. The Hall–Kier alpha value is -0.730. The largest absolute Gasteiger partial charge is 0.495 e. The molecule has 0 bridgehead atoms. The fourth-order valence-corrected chi connectivity index (χ4v) is 3.26. The molecule has 0 unspecified atom stereocenters. The van der Waals surface area contributed by atoms with Crippen LogP contribution in [0.25, 0.3) is 0 Å². The molecule has 0 atom stereocenters. The lowest BCUT2D eigenvalue weighted by molar-refractivity contribution is 0.412. The van der Waals surface area contributed by atoms with Crippen LogP contribution in [0.3, 0.4) is 0 Å². The molecule has 1 aliphatic carbocycles. The van der Waals surface area contributed by atoms with Gasteiger partial charge in [0.2, 0.25) is 0 Å². The van der Waals surface area contributed by atoms with Crippen molar-refractivity contribution < 1.29 is 4.74 Å². The summed E-state index contributed by atoms with van der Waals surface area (Å²) in [5.74, 6) is 0.748. The Balaban J connectivity index is 2.47. The second-order valence-electron chi connectivity index (χ2n) is 4.99. The first-order valence-electron chi connectivity index (χ1n) is 6.17. The zero-order valence-electron chi connectivity index (χ0n) is 10.6. The molecule has 1 fully saturated rings. The lowest BCUT2D eigenvalue weighted by atomic mass is 9.77. The van der Waals surface area contributed by atoms with Crippen molar-refractivity contribution in [1.82, 2.24) is 0 Å². The van der Waals surface area contributed by atoms with E-state index < -0.39 is 0 Å². The van der Waals surface area contributed by atoms with Crippen molar-refractivity contribution in [3.8, 4) is 5.75 Å². The number of benzene rings is 1. The molecule has 0 aliphatic heterocycles. The van der Waals surface area contributed by atoms with Gasteiger partial charge in [0.1, 0.15) is 5.75 Å². The normalized spacial score (nSPS) is 18.4. The third-order valence-corrected chi connectivity index (χ3v) is 4.32. The quantitative estimate of drug-likeness (QED) is 0.896. The van der Waals surface area contributed by atoms with Gasteiger partial charge in [0.05, 0.1) is 12.1 Å². The Bertz CT molecular complexity index is 411. The van der Waals surface area contributed by atoms with Crippen LogP contribution in [0.5, 0.6) is 5.75 Å². The predicted molar refractivity (Wildman–Crippen MR) is 71.9 cm³/mol. The fourth-order valence-electron chi connectivity index (χ4n) is 3.02. The minimum Gasteiger partial charge on any atom is -0.495 e. The molecule has 0 amide bonds. The summed E-state index contributed by atoms with van der Waals surface area (Å²) in [4.78, 5) is 0. The molecule has 94 valence electrons. The molecule has 2 rings (SSSR count). The van der Waals surface area contributed by atoms with Crippen molar-refractivity contribution in [1.29, 1.82) is 0 Å². The summed E-state index contributed by atoms with van der Waals surface area (Å²) in [6.07, 6.45) is 4.88. The average Bonchev–Trinajstić information content (AvgIpc) is 2.81. The summed E-state index contributed by atoms with van der Waals surface area (Å²) < 4.78 is 5.25. The summed E-state index contributed by atoms with van der Waals surface area (Å²) in [5.41, 5.74) is 8.70. The van der Waals surface area contributed by atoms with Crippen molar-refractivity contribution in [3.05, 3.63) is 28.3 Å². The Morgan fingerprint density at radius 1 is 1.35 bits per heavy atom. The van der Waals surface area contributed by atoms with Gasteiger partial charge in [-0.1, -0.05) is 24.4 Å². The van der Waals surface area contributed by atoms with Gasteiger partial charge in [-0.05, 0) is 43.0 Å². The standard InChI is InChI=1S/C14H20ClNO/c1-10-7-13(17-2)12(15)8-11(10)14(9-16)5-3-4-6-14/h7-8H,3-6,9,16H2,1-2H3. The number of nitrogens with two attached hydrogens (primary N) is 1. The molecule has 17 heavy (non-hydrogen) atoms. The molecule has 2 N–H and O–H groups in total. The number of methoxy groups -OCH3 is 1. The minimum absolute atomic E-state index is 0.139. The summed E-state index contributed by atoms with van der Waals surface area (Å²) >= 11 is 6.23. The van der Waals surface area contributed by atoms with Crippen molar-refractivity contribution in [2.75, 3.05) is 13.7 Å².